The molecule has 0 N–H and O–H groups in total. The van der Waals surface area contributed by atoms with Crippen molar-refractivity contribution in [3.63, 3.8) is 0 Å². The molecule has 1 heterocycles. The summed E-state index contributed by atoms with van der Waals surface area (Å²) in [5.41, 5.74) is 0. The minimum absolute atomic E-state index is 0.381. The molecular formula is C19H40N2O. The van der Waals surface area contributed by atoms with Crippen LogP contribution in [-0.4, -0.2) is 61.3 Å². The van der Waals surface area contributed by atoms with E-state index in [1.165, 1.54) is 71.1 Å². The minimum atomic E-state index is 0.381. The molecule has 132 valence electrons. The first-order valence-electron chi connectivity index (χ1n) is 9.57. The number of likely N-dealkylation sites (tertiary alicyclic amines) is 1. The third-order valence-corrected chi connectivity index (χ3v) is 4.87. The molecule has 1 aliphatic rings. The predicted molar refractivity (Wildman–Crippen MR) is 96.5 cm³/mol. The molecule has 0 aromatic rings. The van der Waals surface area contributed by atoms with Crippen LogP contribution in [0.2, 0.25) is 0 Å². The van der Waals surface area contributed by atoms with E-state index >= 15 is 0 Å². The molecule has 0 aromatic heterocycles. The average Bonchev–Trinajstić information content (AvgIpc) is 2.47. The predicted octanol–water partition coefficient (Wildman–Crippen LogP) is 4.17. The summed E-state index contributed by atoms with van der Waals surface area (Å²) in [6, 6.07) is 0.683. The number of nitrogens with zero attached hydrogens (tertiary/aromatic N) is 2. The first-order chi connectivity index (χ1) is 10.5. The van der Waals surface area contributed by atoms with Crippen LogP contribution in [0.1, 0.15) is 72.6 Å². The van der Waals surface area contributed by atoms with Gasteiger partial charge in [-0.2, -0.15) is 0 Å². The van der Waals surface area contributed by atoms with Crippen LogP contribution in [-0.2, 0) is 4.74 Å². The zero-order valence-electron chi connectivity index (χ0n) is 15.8. The summed E-state index contributed by atoms with van der Waals surface area (Å²) in [5, 5.41) is 0. The Balaban J connectivity index is 1.92. The fourth-order valence-electron chi connectivity index (χ4n) is 3.14. The van der Waals surface area contributed by atoms with Crippen LogP contribution >= 0.6 is 0 Å². The number of piperidine rings is 1. The van der Waals surface area contributed by atoms with Gasteiger partial charge < -0.3 is 14.5 Å². The lowest BCUT2D eigenvalue weighted by Gasteiger charge is -2.32. The summed E-state index contributed by atoms with van der Waals surface area (Å²) in [7, 11) is 2.23. The highest BCUT2D eigenvalue weighted by Crippen LogP contribution is 2.16. The number of rotatable bonds is 11. The van der Waals surface area contributed by atoms with E-state index in [1.807, 2.05) is 0 Å². The summed E-state index contributed by atoms with van der Waals surface area (Å²) < 4.78 is 5.91. The van der Waals surface area contributed by atoms with Gasteiger partial charge in [-0.25, -0.2) is 0 Å². The van der Waals surface area contributed by atoms with Crippen LogP contribution in [0, 0.1) is 0 Å². The van der Waals surface area contributed by atoms with Gasteiger partial charge in [0, 0.05) is 19.1 Å². The van der Waals surface area contributed by atoms with Gasteiger partial charge in [0.05, 0.1) is 12.2 Å². The normalized spacial score (nSPS) is 18.0. The van der Waals surface area contributed by atoms with Crippen molar-refractivity contribution < 1.29 is 4.74 Å². The maximum absolute atomic E-state index is 5.91. The van der Waals surface area contributed by atoms with Crippen molar-refractivity contribution >= 4 is 0 Å². The molecule has 1 fully saturated rings. The van der Waals surface area contributed by atoms with Crippen LogP contribution in [0.25, 0.3) is 0 Å². The average molecular weight is 313 g/mol. The molecule has 1 rings (SSSR count). The van der Waals surface area contributed by atoms with Crippen LogP contribution in [0.3, 0.4) is 0 Å². The highest BCUT2D eigenvalue weighted by molar-refractivity contribution is 4.73. The first kappa shape index (κ1) is 19.9. The third kappa shape index (κ3) is 9.12. The molecule has 3 heteroatoms. The summed E-state index contributed by atoms with van der Waals surface area (Å²) >= 11 is 0. The summed E-state index contributed by atoms with van der Waals surface area (Å²) in [4.78, 5) is 5.08. The van der Waals surface area contributed by atoms with Crippen molar-refractivity contribution in [1.29, 1.82) is 0 Å². The largest absolute Gasteiger partial charge is 0.375 e. The molecule has 22 heavy (non-hydrogen) atoms. The molecule has 0 aliphatic carbocycles. The molecule has 0 bridgehead atoms. The molecule has 0 amide bonds. The van der Waals surface area contributed by atoms with Crippen LogP contribution in [0.5, 0.6) is 0 Å². The van der Waals surface area contributed by atoms with Gasteiger partial charge in [-0.3, -0.25) is 0 Å². The fourth-order valence-corrected chi connectivity index (χ4v) is 3.14. The van der Waals surface area contributed by atoms with E-state index in [9.17, 15) is 0 Å². The van der Waals surface area contributed by atoms with Crippen molar-refractivity contribution in [2.24, 2.45) is 0 Å². The minimum Gasteiger partial charge on any atom is -0.375 e. The second-order valence-corrected chi connectivity index (χ2v) is 7.57. The van der Waals surface area contributed by atoms with Gasteiger partial charge in [0.2, 0.25) is 0 Å². The second-order valence-electron chi connectivity index (χ2n) is 7.57. The standard InChI is InChI=1S/C19H40N2O/c1-17(2)20(5)13-9-7-6-8-10-14-21-15-11-19(12-16-21)22-18(3)4/h17-19H,6-16H2,1-5H3. The Hall–Kier alpha value is -0.120. The lowest BCUT2D eigenvalue weighted by molar-refractivity contribution is -0.0268. The zero-order valence-corrected chi connectivity index (χ0v) is 15.8. The molecule has 0 atom stereocenters. The van der Waals surface area contributed by atoms with Crippen molar-refractivity contribution in [3.05, 3.63) is 0 Å². The quantitative estimate of drug-likeness (QED) is 0.533. The van der Waals surface area contributed by atoms with Crippen molar-refractivity contribution in [2.75, 3.05) is 33.2 Å². The molecule has 0 unspecified atom stereocenters. The van der Waals surface area contributed by atoms with Crippen molar-refractivity contribution in [3.8, 4) is 0 Å². The van der Waals surface area contributed by atoms with E-state index in [4.69, 9.17) is 4.74 Å². The first-order valence-corrected chi connectivity index (χ1v) is 9.57. The van der Waals surface area contributed by atoms with Crippen molar-refractivity contribution in [2.45, 2.75) is 90.9 Å². The Labute approximate surface area is 139 Å². The smallest absolute Gasteiger partial charge is 0.0603 e. The Morgan fingerprint density at radius 3 is 2.14 bits per heavy atom. The Morgan fingerprint density at radius 2 is 1.55 bits per heavy atom. The molecule has 3 nitrogen and oxygen atoms in total. The topological polar surface area (TPSA) is 15.7 Å². The number of unbranched alkanes of at least 4 members (excludes halogenated alkanes) is 4. The SMILES string of the molecule is CC(C)OC1CCN(CCCCCCCN(C)C(C)C)CC1. The van der Waals surface area contributed by atoms with Gasteiger partial charge in [-0.05, 0) is 73.5 Å². The zero-order chi connectivity index (χ0) is 16.4. The molecule has 0 radical (unpaired) electrons. The summed E-state index contributed by atoms with van der Waals surface area (Å²) in [5.74, 6) is 0. The maximum atomic E-state index is 5.91. The Bertz CT molecular complexity index is 260. The Kier molecular flexibility index (Phi) is 10.3. The van der Waals surface area contributed by atoms with Gasteiger partial charge in [0.15, 0.2) is 0 Å². The van der Waals surface area contributed by atoms with Gasteiger partial charge in [-0.1, -0.05) is 19.3 Å². The highest BCUT2D eigenvalue weighted by Gasteiger charge is 2.19. The monoisotopic (exact) mass is 312 g/mol. The van der Waals surface area contributed by atoms with E-state index in [0.717, 1.165) is 0 Å². The van der Waals surface area contributed by atoms with E-state index in [-0.39, 0.29) is 0 Å². The highest BCUT2D eigenvalue weighted by atomic mass is 16.5. The molecule has 0 saturated carbocycles. The van der Waals surface area contributed by atoms with Gasteiger partial charge in [0.1, 0.15) is 0 Å². The molecule has 1 aliphatic heterocycles. The van der Waals surface area contributed by atoms with Crippen LogP contribution in [0.15, 0.2) is 0 Å². The number of hydrogen-bond donors (Lipinski definition) is 0. The number of ether oxygens (including phenoxy) is 1. The lowest BCUT2D eigenvalue weighted by Crippen LogP contribution is -2.38. The maximum Gasteiger partial charge on any atom is 0.0603 e. The number of hydrogen-bond acceptors (Lipinski definition) is 3. The molecular weight excluding hydrogens is 272 g/mol. The lowest BCUT2D eigenvalue weighted by atomic mass is 10.1. The van der Waals surface area contributed by atoms with Gasteiger partial charge in [-0.15, -0.1) is 0 Å². The molecule has 0 aromatic carbocycles. The van der Waals surface area contributed by atoms with Crippen molar-refractivity contribution in [1.82, 2.24) is 9.80 Å². The third-order valence-electron chi connectivity index (χ3n) is 4.87. The van der Waals surface area contributed by atoms with Crippen LogP contribution < -0.4 is 0 Å². The summed E-state index contributed by atoms with van der Waals surface area (Å²) in [6.07, 6.45) is 10.2. The fraction of sp³-hybridized carbons (Fsp3) is 1.00. The van der Waals surface area contributed by atoms with E-state index in [1.54, 1.807) is 0 Å². The molecule has 0 spiro atoms. The van der Waals surface area contributed by atoms with Gasteiger partial charge in [0.25, 0.3) is 0 Å². The van der Waals surface area contributed by atoms with E-state index < -0.39 is 0 Å². The van der Waals surface area contributed by atoms with E-state index in [0.29, 0.717) is 18.2 Å². The van der Waals surface area contributed by atoms with E-state index in [2.05, 4.69) is 44.5 Å². The Morgan fingerprint density at radius 1 is 0.955 bits per heavy atom. The second kappa shape index (κ2) is 11.4. The molecule has 1 saturated heterocycles. The summed E-state index contributed by atoms with van der Waals surface area (Å²) in [6.45, 7) is 13.8. The van der Waals surface area contributed by atoms with Gasteiger partial charge >= 0.3 is 0 Å². The van der Waals surface area contributed by atoms with Crippen LogP contribution in [0.4, 0.5) is 0 Å².